The highest BCUT2D eigenvalue weighted by Gasteiger charge is 2.25. The summed E-state index contributed by atoms with van der Waals surface area (Å²) in [5.41, 5.74) is 13.1. The number of primary amides is 1. The van der Waals surface area contributed by atoms with Crippen LogP contribution in [-0.2, 0) is 0 Å². The van der Waals surface area contributed by atoms with Gasteiger partial charge in [0, 0.05) is 24.5 Å². The number of nitrogens with two attached hydrogens (primary N) is 2. The van der Waals surface area contributed by atoms with Crippen molar-refractivity contribution in [3.63, 3.8) is 0 Å². The number of aromatic nitrogens is 5. The van der Waals surface area contributed by atoms with Crippen molar-refractivity contribution in [3.8, 4) is 5.69 Å². The first kappa shape index (κ1) is 18.8. The van der Waals surface area contributed by atoms with Gasteiger partial charge in [-0.1, -0.05) is 18.9 Å². The Labute approximate surface area is 167 Å². The van der Waals surface area contributed by atoms with Crippen LogP contribution >= 0.6 is 0 Å². The number of hydrogen-bond donors (Lipinski definition) is 4. The second kappa shape index (κ2) is 8.23. The van der Waals surface area contributed by atoms with Crippen molar-refractivity contribution < 1.29 is 4.79 Å². The van der Waals surface area contributed by atoms with Crippen LogP contribution in [0.25, 0.3) is 5.69 Å². The smallest absolute Gasteiger partial charge is 0.254 e. The van der Waals surface area contributed by atoms with Crippen molar-refractivity contribution >= 4 is 23.4 Å². The second-order valence-corrected chi connectivity index (χ2v) is 7.07. The molecule has 1 fully saturated rings. The summed E-state index contributed by atoms with van der Waals surface area (Å²) in [6.45, 7) is 0.485. The lowest BCUT2D eigenvalue weighted by molar-refractivity contribution is 0.100. The summed E-state index contributed by atoms with van der Waals surface area (Å²) in [5.74, 6) is 0.829. The Morgan fingerprint density at radius 3 is 2.76 bits per heavy atom. The summed E-state index contributed by atoms with van der Waals surface area (Å²) >= 11 is 0. The SMILES string of the molecule is NC[C@@H](CC1CC1)Nc1ncc(C(N)=O)c(Nc2cccc(-n3nccn3)c2)n1. The van der Waals surface area contributed by atoms with Crippen molar-refractivity contribution in [1.29, 1.82) is 0 Å². The zero-order chi connectivity index (χ0) is 20.2. The molecule has 3 aromatic rings. The van der Waals surface area contributed by atoms with Gasteiger partial charge in [-0.2, -0.15) is 20.0 Å². The van der Waals surface area contributed by atoms with Crippen LogP contribution < -0.4 is 22.1 Å². The summed E-state index contributed by atoms with van der Waals surface area (Å²) in [5, 5.41) is 14.7. The zero-order valence-corrected chi connectivity index (χ0v) is 15.8. The third kappa shape index (κ3) is 4.66. The molecule has 10 nitrogen and oxygen atoms in total. The molecule has 6 N–H and O–H groups in total. The first-order valence-electron chi connectivity index (χ1n) is 9.49. The summed E-state index contributed by atoms with van der Waals surface area (Å²) in [7, 11) is 0. The zero-order valence-electron chi connectivity index (χ0n) is 15.8. The molecule has 10 heteroatoms. The van der Waals surface area contributed by atoms with E-state index >= 15 is 0 Å². The van der Waals surface area contributed by atoms with Gasteiger partial charge in [0.1, 0.15) is 11.4 Å². The number of nitrogens with zero attached hydrogens (tertiary/aromatic N) is 5. The molecule has 4 rings (SSSR count). The van der Waals surface area contributed by atoms with Gasteiger partial charge in [-0.3, -0.25) is 4.79 Å². The summed E-state index contributed by atoms with van der Waals surface area (Å²) < 4.78 is 0. The van der Waals surface area contributed by atoms with E-state index in [9.17, 15) is 4.79 Å². The van der Waals surface area contributed by atoms with Gasteiger partial charge in [0.25, 0.3) is 5.91 Å². The van der Waals surface area contributed by atoms with Gasteiger partial charge < -0.3 is 22.1 Å². The number of rotatable bonds is 9. The highest BCUT2D eigenvalue weighted by atomic mass is 16.1. The lowest BCUT2D eigenvalue weighted by Gasteiger charge is -2.17. The Bertz CT molecular complexity index is 985. The summed E-state index contributed by atoms with van der Waals surface area (Å²) in [6.07, 6.45) is 8.09. The maximum absolute atomic E-state index is 11.8. The second-order valence-electron chi connectivity index (χ2n) is 7.07. The van der Waals surface area contributed by atoms with E-state index < -0.39 is 5.91 Å². The van der Waals surface area contributed by atoms with E-state index in [2.05, 4.69) is 30.8 Å². The Kier molecular flexibility index (Phi) is 5.34. The van der Waals surface area contributed by atoms with E-state index in [1.54, 1.807) is 12.4 Å². The van der Waals surface area contributed by atoms with E-state index in [1.807, 2.05) is 24.3 Å². The minimum atomic E-state index is -0.614. The van der Waals surface area contributed by atoms with Crippen molar-refractivity contribution in [2.45, 2.75) is 25.3 Å². The van der Waals surface area contributed by atoms with Gasteiger partial charge in [0.2, 0.25) is 5.95 Å². The fourth-order valence-corrected chi connectivity index (χ4v) is 3.07. The standard InChI is InChI=1S/C19H23N9O/c20-10-14(8-12-4-5-12)26-19-22-11-16(17(21)29)18(27-19)25-13-2-1-3-15(9-13)28-23-6-7-24-28/h1-3,6-7,9,11-12,14H,4-5,8,10,20H2,(H2,21,29)(H2,22,25,26,27)/t14-/m1/s1. The van der Waals surface area contributed by atoms with Gasteiger partial charge in [-0.05, 0) is 30.5 Å². The summed E-state index contributed by atoms with van der Waals surface area (Å²) in [6, 6.07) is 7.50. The predicted molar refractivity (Wildman–Crippen MR) is 109 cm³/mol. The number of carbonyl (C=O) groups is 1. The number of nitrogens with one attached hydrogen (secondary N) is 2. The Balaban J connectivity index is 1.58. The van der Waals surface area contributed by atoms with Crippen molar-refractivity contribution in [1.82, 2.24) is 25.0 Å². The molecular weight excluding hydrogens is 370 g/mol. The highest BCUT2D eigenvalue weighted by Crippen LogP contribution is 2.34. The van der Waals surface area contributed by atoms with Crippen LogP contribution in [0.3, 0.4) is 0 Å². The third-order valence-corrected chi connectivity index (χ3v) is 4.75. The minimum Gasteiger partial charge on any atom is -0.365 e. The van der Waals surface area contributed by atoms with Crippen LogP contribution in [0.2, 0.25) is 0 Å². The predicted octanol–water partition coefficient (Wildman–Crippen LogP) is 1.44. The average molecular weight is 393 g/mol. The van der Waals surface area contributed by atoms with E-state index in [1.165, 1.54) is 23.8 Å². The number of anilines is 3. The molecule has 1 aliphatic carbocycles. The molecule has 1 amide bonds. The fraction of sp³-hybridized carbons (Fsp3) is 0.316. The van der Waals surface area contributed by atoms with Crippen LogP contribution in [0.4, 0.5) is 17.5 Å². The quantitative estimate of drug-likeness (QED) is 0.426. The Morgan fingerprint density at radius 2 is 2.07 bits per heavy atom. The number of hydrogen-bond acceptors (Lipinski definition) is 8. The van der Waals surface area contributed by atoms with Crippen LogP contribution in [0.15, 0.2) is 42.9 Å². The van der Waals surface area contributed by atoms with Crippen molar-refractivity contribution in [2.75, 3.05) is 17.2 Å². The molecule has 0 saturated heterocycles. The Morgan fingerprint density at radius 1 is 1.28 bits per heavy atom. The van der Waals surface area contributed by atoms with Crippen LogP contribution in [0.5, 0.6) is 0 Å². The molecule has 2 aromatic heterocycles. The van der Waals surface area contributed by atoms with Gasteiger partial charge in [-0.25, -0.2) is 4.98 Å². The lowest BCUT2D eigenvalue weighted by Crippen LogP contribution is -2.30. The average Bonchev–Trinajstić information content (AvgIpc) is 3.36. The largest absolute Gasteiger partial charge is 0.365 e. The number of benzene rings is 1. The first-order valence-corrected chi connectivity index (χ1v) is 9.49. The molecule has 29 heavy (non-hydrogen) atoms. The minimum absolute atomic E-state index is 0.0870. The van der Waals surface area contributed by atoms with Crippen LogP contribution in [-0.4, -0.2) is 43.5 Å². The molecule has 1 saturated carbocycles. The van der Waals surface area contributed by atoms with Crippen molar-refractivity contribution in [2.24, 2.45) is 17.4 Å². The first-order chi connectivity index (χ1) is 14.1. The molecule has 1 aromatic carbocycles. The molecule has 150 valence electrons. The van der Waals surface area contributed by atoms with E-state index in [4.69, 9.17) is 11.5 Å². The molecule has 0 spiro atoms. The van der Waals surface area contributed by atoms with Gasteiger partial charge >= 0.3 is 0 Å². The molecule has 0 unspecified atom stereocenters. The molecule has 0 bridgehead atoms. The van der Waals surface area contributed by atoms with Crippen LogP contribution in [0.1, 0.15) is 29.6 Å². The molecular formula is C19H23N9O. The normalized spacial score (nSPS) is 14.4. The topological polar surface area (TPSA) is 150 Å². The lowest BCUT2D eigenvalue weighted by atomic mass is 10.1. The maximum atomic E-state index is 11.8. The maximum Gasteiger partial charge on any atom is 0.254 e. The molecule has 1 aliphatic rings. The van der Waals surface area contributed by atoms with E-state index in [0.29, 0.717) is 24.0 Å². The third-order valence-electron chi connectivity index (χ3n) is 4.75. The molecule has 0 radical (unpaired) electrons. The Hall–Kier alpha value is -3.53. The van der Waals surface area contributed by atoms with E-state index in [-0.39, 0.29) is 11.6 Å². The molecule has 1 atom stereocenters. The van der Waals surface area contributed by atoms with Gasteiger partial charge in [0.15, 0.2) is 0 Å². The van der Waals surface area contributed by atoms with Gasteiger partial charge in [-0.15, -0.1) is 0 Å². The fourth-order valence-electron chi connectivity index (χ4n) is 3.07. The highest BCUT2D eigenvalue weighted by molar-refractivity contribution is 5.98. The number of amides is 1. The van der Waals surface area contributed by atoms with Gasteiger partial charge in [0.05, 0.1) is 18.1 Å². The van der Waals surface area contributed by atoms with Crippen molar-refractivity contribution in [3.05, 3.63) is 48.4 Å². The number of carbonyl (C=O) groups excluding carboxylic acids is 1. The summed E-state index contributed by atoms with van der Waals surface area (Å²) in [4.78, 5) is 22.0. The van der Waals surface area contributed by atoms with E-state index in [0.717, 1.165) is 18.0 Å². The monoisotopic (exact) mass is 393 g/mol. The molecule has 2 heterocycles. The molecule has 0 aliphatic heterocycles. The van der Waals surface area contributed by atoms with Crippen LogP contribution in [0, 0.1) is 5.92 Å².